The summed E-state index contributed by atoms with van der Waals surface area (Å²) in [7, 11) is 1.67. The van der Waals surface area contributed by atoms with Crippen LogP contribution in [-0.4, -0.2) is 46.7 Å². The fourth-order valence-electron chi connectivity index (χ4n) is 2.90. The molecule has 7 heteroatoms. The third kappa shape index (κ3) is 3.56. The maximum atomic E-state index is 12.3. The van der Waals surface area contributed by atoms with Crippen LogP contribution >= 0.6 is 0 Å². The molecule has 1 aliphatic heterocycles. The van der Waals surface area contributed by atoms with Crippen molar-refractivity contribution in [3.8, 4) is 0 Å². The maximum Gasteiger partial charge on any atom is 0.317 e. The highest BCUT2D eigenvalue weighted by Crippen LogP contribution is 2.15. The van der Waals surface area contributed by atoms with Crippen LogP contribution in [0.3, 0.4) is 0 Å². The Balaban J connectivity index is 1.66. The molecule has 0 unspecified atom stereocenters. The lowest BCUT2D eigenvalue weighted by atomic mass is 10.1. The predicted molar refractivity (Wildman–Crippen MR) is 90.8 cm³/mol. The van der Waals surface area contributed by atoms with Crippen LogP contribution in [0.25, 0.3) is 10.9 Å². The molecule has 1 saturated heterocycles. The number of hydrogen-bond acceptors (Lipinski definition) is 4. The van der Waals surface area contributed by atoms with Crippen molar-refractivity contribution in [2.75, 3.05) is 13.7 Å². The third-order valence-corrected chi connectivity index (χ3v) is 4.27. The number of benzene rings is 1. The molecule has 1 aromatic carbocycles. The van der Waals surface area contributed by atoms with Crippen LogP contribution in [0.15, 0.2) is 29.1 Å². The molecule has 2 amide bonds. The summed E-state index contributed by atoms with van der Waals surface area (Å²) in [6.45, 7) is 2.92. The number of nitrogens with one attached hydrogen (secondary N) is 2. The van der Waals surface area contributed by atoms with Gasteiger partial charge in [-0.3, -0.25) is 4.79 Å². The molecule has 1 aliphatic rings. The number of H-pyrrole nitrogens is 1. The number of hydrogen-bond donors (Lipinski definition) is 2. The van der Waals surface area contributed by atoms with Gasteiger partial charge < -0.3 is 19.9 Å². The first-order valence-electron chi connectivity index (χ1n) is 8.16. The van der Waals surface area contributed by atoms with Crippen LogP contribution < -0.4 is 10.9 Å². The molecule has 0 spiro atoms. The van der Waals surface area contributed by atoms with Crippen LogP contribution in [0.2, 0.25) is 0 Å². The molecule has 2 N–H and O–H groups in total. The fourth-order valence-corrected chi connectivity index (χ4v) is 2.90. The van der Waals surface area contributed by atoms with Crippen molar-refractivity contribution in [2.45, 2.75) is 38.5 Å². The Hall–Kier alpha value is -2.41. The van der Waals surface area contributed by atoms with Crippen molar-refractivity contribution in [3.05, 3.63) is 40.4 Å². The molecule has 3 rings (SSSR count). The van der Waals surface area contributed by atoms with Gasteiger partial charge in [-0.15, -0.1) is 0 Å². The van der Waals surface area contributed by atoms with Crippen LogP contribution in [0.1, 0.15) is 25.6 Å². The van der Waals surface area contributed by atoms with Gasteiger partial charge in [-0.25, -0.2) is 9.78 Å². The van der Waals surface area contributed by atoms with Gasteiger partial charge in [-0.05, 0) is 31.9 Å². The topological polar surface area (TPSA) is 87.3 Å². The van der Waals surface area contributed by atoms with Crippen molar-refractivity contribution in [3.63, 3.8) is 0 Å². The molecule has 0 bridgehead atoms. The third-order valence-electron chi connectivity index (χ3n) is 4.27. The molecule has 2 atom stereocenters. The summed E-state index contributed by atoms with van der Waals surface area (Å²) >= 11 is 0. The Morgan fingerprint density at radius 1 is 1.50 bits per heavy atom. The van der Waals surface area contributed by atoms with E-state index < -0.39 is 0 Å². The number of ether oxygens (including phenoxy) is 1. The zero-order chi connectivity index (χ0) is 17.1. The van der Waals surface area contributed by atoms with E-state index in [4.69, 9.17) is 4.74 Å². The Morgan fingerprint density at radius 2 is 2.29 bits per heavy atom. The summed E-state index contributed by atoms with van der Waals surface area (Å²) in [6, 6.07) is 6.88. The minimum atomic E-state index is -0.214. The number of fused-ring (bicyclic) bond motifs is 1. The zero-order valence-corrected chi connectivity index (χ0v) is 13.9. The first kappa shape index (κ1) is 16.4. The summed E-state index contributed by atoms with van der Waals surface area (Å²) < 4.78 is 5.58. The molecule has 128 valence electrons. The van der Waals surface area contributed by atoms with Crippen molar-refractivity contribution < 1.29 is 9.53 Å². The minimum Gasteiger partial charge on any atom is -0.376 e. The smallest absolute Gasteiger partial charge is 0.317 e. The Labute approximate surface area is 140 Å². The SMILES string of the molecule is C[C@H](NC(=O)N(C)Cc1nc2ccccc2c(=O)[nH]1)[C@@H]1CCCO1. The van der Waals surface area contributed by atoms with Gasteiger partial charge >= 0.3 is 6.03 Å². The molecule has 0 aliphatic carbocycles. The monoisotopic (exact) mass is 330 g/mol. The first-order valence-corrected chi connectivity index (χ1v) is 8.16. The minimum absolute atomic E-state index is 0.0499. The van der Waals surface area contributed by atoms with E-state index in [1.54, 1.807) is 25.2 Å². The molecular formula is C17H22N4O3. The van der Waals surface area contributed by atoms with Gasteiger partial charge in [0, 0.05) is 13.7 Å². The van der Waals surface area contributed by atoms with E-state index in [-0.39, 0.29) is 30.3 Å². The summed E-state index contributed by atoms with van der Waals surface area (Å²) in [4.78, 5) is 33.0. The quantitative estimate of drug-likeness (QED) is 0.892. The molecule has 1 fully saturated rings. The number of para-hydroxylation sites is 1. The molecule has 2 aromatic rings. The van der Waals surface area contributed by atoms with E-state index in [0.29, 0.717) is 16.7 Å². The highest BCUT2D eigenvalue weighted by molar-refractivity contribution is 5.77. The highest BCUT2D eigenvalue weighted by atomic mass is 16.5. The number of carbonyl (C=O) groups is 1. The largest absolute Gasteiger partial charge is 0.376 e. The summed E-state index contributed by atoms with van der Waals surface area (Å²) in [5.41, 5.74) is 0.426. The average Bonchev–Trinajstić information content (AvgIpc) is 3.09. The van der Waals surface area contributed by atoms with Gasteiger partial charge in [-0.2, -0.15) is 0 Å². The molecule has 0 radical (unpaired) electrons. The van der Waals surface area contributed by atoms with E-state index in [9.17, 15) is 9.59 Å². The average molecular weight is 330 g/mol. The summed E-state index contributed by atoms with van der Waals surface area (Å²) in [6.07, 6.45) is 2.06. The molecule has 0 saturated carbocycles. The molecule has 24 heavy (non-hydrogen) atoms. The second kappa shape index (κ2) is 7.00. The van der Waals surface area contributed by atoms with E-state index in [2.05, 4.69) is 15.3 Å². The van der Waals surface area contributed by atoms with Crippen LogP contribution in [0.4, 0.5) is 4.79 Å². The second-order valence-electron chi connectivity index (χ2n) is 6.18. The van der Waals surface area contributed by atoms with Gasteiger partial charge in [0.05, 0.1) is 29.6 Å². The number of carbonyl (C=O) groups excluding carboxylic acids is 1. The fraction of sp³-hybridized carbons (Fsp3) is 0.471. The van der Waals surface area contributed by atoms with Crippen molar-refractivity contribution >= 4 is 16.9 Å². The Kier molecular flexibility index (Phi) is 4.80. The highest BCUT2D eigenvalue weighted by Gasteiger charge is 2.24. The van der Waals surface area contributed by atoms with E-state index in [1.165, 1.54) is 4.90 Å². The number of rotatable bonds is 4. The van der Waals surface area contributed by atoms with Crippen LogP contribution in [-0.2, 0) is 11.3 Å². The van der Waals surface area contributed by atoms with Gasteiger partial charge in [0.1, 0.15) is 5.82 Å². The molecule has 2 heterocycles. The van der Waals surface area contributed by atoms with E-state index in [1.807, 2.05) is 13.0 Å². The lowest BCUT2D eigenvalue weighted by molar-refractivity contribution is 0.0837. The van der Waals surface area contributed by atoms with E-state index in [0.717, 1.165) is 19.4 Å². The number of nitrogens with zero attached hydrogens (tertiary/aromatic N) is 2. The van der Waals surface area contributed by atoms with Crippen molar-refractivity contribution in [1.29, 1.82) is 0 Å². The van der Waals surface area contributed by atoms with Gasteiger partial charge in [0.2, 0.25) is 0 Å². The second-order valence-corrected chi connectivity index (χ2v) is 6.18. The Bertz CT molecular complexity index is 783. The number of aromatic nitrogens is 2. The summed E-state index contributed by atoms with van der Waals surface area (Å²) in [5.74, 6) is 0.459. The van der Waals surface area contributed by atoms with Crippen LogP contribution in [0, 0.1) is 0 Å². The lowest BCUT2D eigenvalue weighted by Crippen LogP contribution is -2.46. The predicted octanol–water partition coefficient (Wildman–Crippen LogP) is 1.63. The number of urea groups is 1. The molecular weight excluding hydrogens is 308 g/mol. The van der Waals surface area contributed by atoms with Crippen LogP contribution in [0.5, 0.6) is 0 Å². The standard InChI is InChI=1S/C17H22N4O3/c1-11(14-8-5-9-24-14)18-17(23)21(2)10-15-19-13-7-4-3-6-12(13)16(22)20-15/h3-4,6-7,11,14H,5,8-10H2,1-2H3,(H,18,23)(H,19,20,22)/t11-,14-/m0/s1. The lowest BCUT2D eigenvalue weighted by Gasteiger charge is -2.24. The zero-order valence-electron chi connectivity index (χ0n) is 13.9. The first-order chi connectivity index (χ1) is 11.5. The number of aromatic amines is 1. The molecule has 7 nitrogen and oxygen atoms in total. The van der Waals surface area contributed by atoms with E-state index >= 15 is 0 Å². The van der Waals surface area contributed by atoms with Crippen molar-refractivity contribution in [2.24, 2.45) is 0 Å². The van der Waals surface area contributed by atoms with Crippen molar-refractivity contribution in [1.82, 2.24) is 20.2 Å². The number of amides is 2. The van der Waals surface area contributed by atoms with Gasteiger partial charge in [0.25, 0.3) is 5.56 Å². The molecule has 1 aromatic heterocycles. The van der Waals surface area contributed by atoms with Gasteiger partial charge in [0.15, 0.2) is 0 Å². The maximum absolute atomic E-state index is 12.3. The Morgan fingerprint density at radius 3 is 3.04 bits per heavy atom. The normalized spacial score (nSPS) is 18.5. The summed E-state index contributed by atoms with van der Waals surface area (Å²) in [5, 5.41) is 3.48. The van der Waals surface area contributed by atoms with Gasteiger partial charge in [-0.1, -0.05) is 12.1 Å².